The molecule has 8 heteroatoms. The van der Waals surface area contributed by atoms with Crippen molar-refractivity contribution in [2.24, 2.45) is 28.7 Å². The number of ketones is 1. The van der Waals surface area contributed by atoms with Crippen molar-refractivity contribution in [2.75, 3.05) is 6.54 Å². The number of carboxylic acids is 1. The fourth-order valence-corrected chi connectivity index (χ4v) is 0.557. The third kappa shape index (κ3) is 1.99. The molecule has 0 heterocycles. The van der Waals surface area contributed by atoms with Crippen molar-refractivity contribution in [3.05, 3.63) is 0 Å². The van der Waals surface area contributed by atoms with E-state index in [4.69, 9.17) is 33.8 Å². The molecule has 0 aromatic rings. The van der Waals surface area contributed by atoms with Gasteiger partial charge in [-0.1, -0.05) is 0 Å². The third-order valence-corrected chi connectivity index (χ3v) is 1.68. The van der Waals surface area contributed by atoms with Crippen LogP contribution in [0.1, 0.15) is 0 Å². The van der Waals surface area contributed by atoms with Crippen LogP contribution in [0.3, 0.4) is 0 Å². The first-order valence-corrected chi connectivity index (χ1v) is 3.30. The fraction of sp³-hybridized carbons (Fsp3) is 0.600. The van der Waals surface area contributed by atoms with Gasteiger partial charge < -0.3 is 33.8 Å². The number of carbonyl (C=O) groups is 2. The second-order valence-corrected chi connectivity index (χ2v) is 2.75. The summed E-state index contributed by atoms with van der Waals surface area (Å²) < 4.78 is 0. The van der Waals surface area contributed by atoms with Gasteiger partial charge in [0.15, 0.2) is 5.66 Å². The van der Waals surface area contributed by atoms with E-state index >= 15 is 0 Å². The second-order valence-electron chi connectivity index (χ2n) is 2.75. The van der Waals surface area contributed by atoms with Crippen molar-refractivity contribution in [1.29, 1.82) is 0 Å². The maximum absolute atomic E-state index is 10.9. The molecule has 0 unspecified atom stereocenters. The molecule has 0 bridgehead atoms. The van der Waals surface area contributed by atoms with Crippen LogP contribution in [0, 0.1) is 0 Å². The summed E-state index contributed by atoms with van der Waals surface area (Å²) >= 11 is 0. The predicted octanol–water partition coefficient (Wildman–Crippen LogP) is -4.17. The average Bonchev–Trinajstić information content (AvgIpc) is 2.02. The highest BCUT2D eigenvalue weighted by Gasteiger charge is 2.48. The molecular formula is C5H13N5O3. The van der Waals surface area contributed by atoms with Gasteiger partial charge in [-0.2, -0.15) is 0 Å². The molecule has 8 nitrogen and oxygen atoms in total. The van der Waals surface area contributed by atoms with E-state index in [-0.39, 0.29) is 0 Å². The van der Waals surface area contributed by atoms with Crippen LogP contribution in [0.25, 0.3) is 0 Å². The lowest BCUT2D eigenvalue weighted by Crippen LogP contribution is -2.82. The van der Waals surface area contributed by atoms with Crippen LogP contribution in [0.2, 0.25) is 0 Å². The third-order valence-electron chi connectivity index (χ3n) is 1.68. The zero-order chi connectivity index (χ0) is 10.9. The van der Waals surface area contributed by atoms with Crippen LogP contribution < -0.4 is 28.7 Å². The highest BCUT2D eigenvalue weighted by atomic mass is 16.4. The zero-order valence-electron chi connectivity index (χ0n) is 6.86. The van der Waals surface area contributed by atoms with E-state index in [1.54, 1.807) is 0 Å². The number of aliphatic carboxylic acids is 1. The van der Waals surface area contributed by atoms with Gasteiger partial charge in [0, 0.05) is 6.54 Å². The summed E-state index contributed by atoms with van der Waals surface area (Å²) in [6, 6.07) is 0. The first-order valence-electron chi connectivity index (χ1n) is 3.30. The van der Waals surface area contributed by atoms with Gasteiger partial charge in [0.05, 0.1) is 0 Å². The SMILES string of the molecule is NCC(N)(N)C(N)(N)C(=O)C(=O)O. The fourth-order valence-electron chi connectivity index (χ4n) is 0.557. The number of rotatable bonds is 4. The molecule has 11 N–H and O–H groups in total. The molecule has 0 saturated heterocycles. The first kappa shape index (κ1) is 11.9. The largest absolute Gasteiger partial charge is 0.475 e. The molecule has 0 spiro atoms. The Kier molecular flexibility index (Phi) is 3.08. The van der Waals surface area contributed by atoms with E-state index in [0.29, 0.717) is 0 Å². The van der Waals surface area contributed by atoms with E-state index in [1.807, 2.05) is 0 Å². The van der Waals surface area contributed by atoms with Crippen LogP contribution in [-0.2, 0) is 9.59 Å². The normalized spacial score (nSPS) is 12.7. The quantitative estimate of drug-likeness (QED) is 0.191. The summed E-state index contributed by atoms with van der Waals surface area (Å²) in [5.41, 5.74) is 21.6. The highest BCUT2D eigenvalue weighted by molar-refractivity contribution is 6.36. The first-order chi connectivity index (χ1) is 5.66. The number of hydrogen-bond acceptors (Lipinski definition) is 7. The minimum atomic E-state index is -2.38. The highest BCUT2D eigenvalue weighted by Crippen LogP contribution is 2.05. The van der Waals surface area contributed by atoms with Crippen LogP contribution in [0.5, 0.6) is 0 Å². The van der Waals surface area contributed by atoms with Gasteiger partial charge in [-0.15, -0.1) is 0 Å². The Hall–Kier alpha value is -1.06. The summed E-state index contributed by atoms with van der Waals surface area (Å²) in [6.45, 7) is -0.418. The van der Waals surface area contributed by atoms with E-state index in [9.17, 15) is 9.59 Å². The van der Waals surface area contributed by atoms with E-state index in [1.165, 1.54) is 0 Å². The molecule has 0 saturated carbocycles. The summed E-state index contributed by atoms with van der Waals surface area (Å²) in [5.74, 6) is -3.29. The topological polar surface area (TPSA) is 184 Å². The van der Waals surface area contributed by atoms with Crippen molar-refractivity contribution < 1.29 is 14.7 Å². The molecule has 0 atom stereocenters. The minimum Gasteiger partial charge on any atom is -0.475 e. The Morgan fingerprint density at radius 1 is 1.15 bits per heavy atom. The average molecular weight is 191 g/mol. The van der Waals surface area contributed by atoms with Crippen LogP contribution in [0.15, 0.2) is 0 Å². The van der Waals surface area contributed by atoms with Gasteiger partial charge >= 0.3 is 5.97 Å². The van der Waals surface area contributed by atoms with Gasteiger partial charge in [-0.05, 0) is 0 Å². The van der Waals surface area contributed by atoms with Crippen LogP contribution in [-0.4, -0.2) is 34.7 Å². The lowest BCUT2D eigenvalue weighted by molar-refractivity contribution is -0.152. The zero-order valence-corrected chi connectivity index (χ0v) is 6.86. The Morgan fingerprint density at radius 2 is 1.54 bits per heavy atom. The Balaban J connectivity index is 4.96. The maximum Gasteiger partial charge on any atom is 0.375 e. The number of carboxylic acid groups (broad SMARTS) is 1. The Labute approximate surface area is 74.0 Å². The molecule has 0 aromatic heterocycles. The summed E-state index contributed by atoms with van der Waals surface area (Å²) in [6.07, 6.45) is 0. The van der Waals surface area contributed by atoms with Gasteiger partial charge in [-0.3, -0.25) is 4.79 Å². The molecule has 13 heavy (non-hydrogen) atoms. The molecule has 0 aliphatic carbocycles. The van der Waals surface area contributed by atoms with Crippen molar-refractivity contribution in [3.63, 3.8) is 0 Å². The van der Waals surface area contributed by atoms with Crippen molar-refractivity contribution in [2.45, 2.75) is 11.3 Å². The molecule has 0 rings (SSSR count). The lowest BCUT2D eigenvalue weighted by Gasteiger charge is -2.36. The predicted molar refractivity (Wildman–Crippen MR) is 43.9 cm³/mol. The number of nitrogens with two attached hydrogens (primary N) is 5. The second kappa shape index (κ2) is 3.36. The Morgan fingerprint density at radius 3 is 1.77 bits per heavy atom. The molecule has 0 aromatic carbocycles. The van der Waals surface area contributed by atoms with Crippen molar-refractivity contribution >= 4 is 11.8 Å². The van der Waals surface area contributed by atoms with Crippen molar-refractivity contribution in [1.82, 2.24) is 0 Å². The lowest BCUT2D eigenvalue weighted by atomic mass is 9.91. The van der Waals surface area contributed by atoms with E-state index < -0.39 is 29.6 Å². The van der Waals surface area contributed by atoms with Crippen LogP contribution >= 0.6 is 0 Å². The van der Waals surface area contributed by atoms with E-state index in [0.717, 1.165) is 0 Å². The number of hydrogen-bond donors (Lipinski definition) is 6. The molecular weight excluding hydrogens is 178 g/mol. The smallest absolute Gasteiger partial charge is 0.375 e. The van der Waals surface area contributed by atoms with Gasteiger partial charge in [0.25, 0.3) is 5.78 Å². The Bertz CT molecular complexity index is 236. The van der Waals surface area contributed by atoms with Crippen molar-refractivity contribution in [3.8, 4) is 0 Å². The van der Waals surface area contributed by atoms with Gasteiger partial charge in [0.1, 0.15) is 5.66 Å². The summed E-state index contributed by atoms with van der Waals surface area (Å²) in [5, 5.41) is 8.32. The molecule has 0 aliphatic rings. The minimum absolute atomic E-state index is 0.418. The number of carbonyl (C=O) groups excluding carboxylic acids is 1. The summed E-state index contributed by atoms with van der Waals surface area (Å²) in [4.78, 5) is 21.2. The molecule has 0 amide bonds. The summed E-state index contributed by atoms with van der Waals surface area (Å²) in [7, 11) is 0. The van der Waals surface area contributed by atoms with E-state index in [2.05, 4.69) is 0 Å². The van der Waals surface area contributed by atoms with Gasteiger partial charge in [-0.25, -0.2) is 4.79 Å². The molecule has 0 aliphatic heterocycles. The van der Waals surface area contributed by atoms with Crippen LogP contribution in [0.4, 0.5) is 0 Å². The standard InChI is InChI=1S/C5H13N5O3/c6-1-4(7,8)5(9,10)2(11)3(12)13/h1,6-10H2,(H,12,13). The molecule has 0 fully saturated rings. The number of Topliss-reactive ketones (excluding diaryl/α,β-unsaturated/α-hetero) is 1. The molecule has 0 radical (unpaired) electrons. The van der Waals surface area contributed by atoms with Gasteiger partial charge in [0.2, 0.25) is 0 Å². The monoisotopic (exact) mass is 191 g/mol. The molecule has 76 valence electrons. The maximum atomic E-state index is 10.9.